The first-order valence-corrected chi connectivity index (χ1v) is 10.2. The molecule has 6 nitrogen and oxygen atoms in total. The van der Waals surface area contributed by atoms with Crippen LogP contribution in [0.4, 0.5) is 5.82 Å². The van der Waals surface area contributed by atoms with E-state index in [1.54, 1.807) is 23.4 Å². The number of hydrogen-bond acceptors (Lipinski definition) is 5. The van der Waals surface area contributed by atoms with E-state index in [0.29, 0.717) is 24.2 Å². The summed E-state index contributed by atoms with van der Waals surface area (Å²) >= 11 is 6.35. The van der Waals surface area contributed by atoms with E-state index in [0.717, 1.165) is 17.7 Å². The minimum Gasteiger partial charge on any atom is -0.483 e. The molecule has 29 heavy (non-hydrogen) atoms. The van der Waals surface area contributed by atoms with E-state index < -0.39 is 6.04 Å². The summed E-state index contributed by atoms with van der Waals surface area (Å²) in [6, 6.07) is 8.56. The van der Waals surface area contributed by atoms with Crippen LogP contribution in [0.2, 0.25) is 0 Å². The van der Waals surface area contributed by atoms with Crippen molar-refractivity contribution < 1.29 is 14.3 Å². The molecule has 0 saturated heterocycles. The molecule has 2 aliphatic heterocycles. The molecule has 148 valence electrons. The predicted octanol–water partition coefficient (Wildman–Crippen LogP) is 3.50. The van der Waals surface area contributed by atoms with Gasteiger partial charge < -0.3 is 4.74 Å². The molecule has 4 atom stereocenters. The highest BCUT2D eigenvalue weighted by molar-refractivity contribution is 6.21. The Labute approximate surface area is 173 Å². The fourth-order valence-corrected chi connectivity index (χ4v) is 4.89. The molecule has 0 radical (unpaired) electrons. The zero-order valence-corrected chi connectivity index (χ0v) is 16.7. The number of nitrogens with zero attached hydrogens (tertiary/aromatic N) is 3. The first-order valence-electron chi connectivity index (χ1n) is 9.81. The third kappa shape index (κ3) is 2.94. The van der Waals surface area contributed by atoms with Gasteiger partial charge in [-0.15, -0.1) is 11.6 Å². The number of halogens is 1. The molecule has 4 heterocycles. The van der Waals surface area contributed by atoms with Gasteiger partial charge in [0, 0.05) is 23.5 Å². The molecule has 4 unspecified atom stereocenters. The number of amides is 1. The summed E-state index contributed by atoms with van der Waals surface area (Å²) in [5.74, 6) is -0.00521. The van der Waals surface area contributed by atoms with Crippen molar-refractivity contribution in [1.82, 2.24) is 9.97 Å². The Balaban J connectivity index is 1.65. The number of ether oxygens (including phenoxy) is 1. The third-order valence-electron chi connectivity index (χ3n) is 5.93. The topological polar surface area (TPSA) is 72.4 Å². The van der Waals surface area contributed by atoms with E-state index in [1.807, 2.05) is 31.2 Å². The second kappa shape index (κ2) is 6.95. The van der Waals surface area contributed by atoms with Gasteiger partial charge in [-0.05, 0) is 56.0 Å². The molecular weight excluding hydrogens is 390 g/mol. The highest BCUT2D eigenvalue weighted by Crippen LogP contribution is 2.48. The van der Waals surface area contributed by atoms with Gasteiger partial charge in [-0.2, -0.15) is 0 Å². The summed E-state index contributed by atoms with van der Waals surface area (Å²) in [4.78, 5) is 37.2. The molecule has 0 spiro atoms. The molecule has 2 aromatic rings. The number of pyridine rings is 2. The summed E-state index contributed by atoms with van der Waals surface area (Å²) in [6.07, 6.45) is 5.06. The van der Waals surface area contributed by atoms with Gasteiger partial charge in [-0.1, -0.05) is 6.07 Å². The quantitative estimate of drug-likeness (QED) is 0.710. The molecule has 3 aliphatic rings. The average Bonchev–Trinajstić information content (AvgIpc) is 3.02. The van der Waals surface area contributed by atoms with Crippen LogP contribution in [0, 0.1) is 12.8 Å². The van der Waals surface area contributed by atoms with Crippen LogP contribution < -0.4 is 4.90 Å². The Morgan fingerprint density at radius 3 is 2.69 bits per heavy atom. The van der Waals surface area contributed by atoms with Crippen molar-refractivity contribution in [2.75, 3.05) is 4.90 Å². The molecule has 1 amide bonds. The van der Waals surface area contributed by atoms with Gasteiger partial charge in [0.25, 0.3) is 5.91 Å². The number of aromatic nitrogens is 2. The maximum atomic E-state index is 13.5. The molecule has 7 heteroatoms. The van der Waals surface area contributed by atoms with Gasteiger partial charge in [0.1, 0.15) is 11.9 Å². The first kappa shape index (κ1) is 18.3. The van der Waals surface area contributed by atoms with Crippen molar-refractivity contribution in [2.45, 2.75) is 43.7 Å². The van der Waals surface area contributed by atoms with Crippen molar-refractivity contribution in [3.05, 3.63) is 65.3 Å². The van der Waals surface area contributed by atoms with Crippen LogP contribution in [0.3, 0.4) is 0 Å². The van der Waals surface area contributed by atoms with Gasteiger partial charge in [0.05, 0.1) is 17.5 Å². The zero-order chi connectivity index (χ0) is 20.1. The molecule has 1 fully saturated rings. The highest BCUT2D eigenvalue weighted by Gasteiger charge is 2.53. The number of rotatable bonds is 2. The number of aryl methyl sites for hydroxylation is 1. The lowest BCUT2D eigenvalue weighted by molar-refractivity contribution is -0.131. The second-order valence-electron chi connectivity index (χ2n) is 7.78. The van der Waals surface area contributed by atoms with Crippen molar-refractivity contribution in [3.63, 3.8) is 0 Å². The molecule has 2 aromatic heterocycles. The van der Waals surface area contributed by atoms with Gasteiger partial charge >= 0.3 is 0 Å². The molecule has 1 aliphatic carbocycles. The molecule has 1 saturated carbocycles. The Morgan fingerprint density at radius 2 is 1.93 bits per heavy atom. The molecule has 0 aromatic carbocycles. The average molecular weight is 410 g/mol. The number of Topliss-reactive ketones (excluding diaryl/α,β-unsaturated/α-hetero) is 1. The lowest BCUT2D eigenvalue weighted by Gasteiger charge is -2.37. The van der Waals surface area contributed by atoms with Crippen molar-refractivity contribution in [3.8, 4) is 0 Å². The Kier molecular flexibility index (Phi) is 4.39. The monoisotopic (exact) mass is 409 g/mol. The van der Waals surface area contributed by atoms with Gasteiger partial charge in [0.2, 0.25) is 0 Å². The summed E-state index contributed by atoms with van der Waals surface area (Å²) < 4.78 is 6.14. The lowest BCUT2D eigenvalue weighted by Crippen LogP contribution is -2.41. The van der Waals surface area contributed by atoms with Gasteiger partial charge in [-0.25, -0.2) is 4.98 Å². The number of anilines is 1. The predicted molar refractivity (Wildman–Crippen MR) is 107 cm³/mol. The molecular formula is C22H20ClN3O3. The number of carbonyl (C=O) groups is 2. The highest BCUT2D eigenvalue weighted by atomic mass is 35.5. The van der Waals surface area contributed by atoms with E-state index in [1.165, 1.54) is 0 Å². The van der Waals surface area contributed by atoms with Crippen molar-refractivity contribution in [1.29, 1.82) is 0 Å². The van der Waals surface area contributed by atoms with E-state index in [9.17, 15) is 9.59 Å². The van der Waals surface area contributed by atoms with E-state index in [4.69, 9.17) is 16.3 Å². The number of carbonyl (C=O) groups excluding carboxylic acids is 2. The molecule has 0 N–H and O–H groups in total. The maximum Gasteiger partial charge on any atom is 0.295 e. The summed E-state index contributed by atoms with van der Waals surface area (Å²) in [6.45, 7) is 1.87. The first-order chi connectivity index (χ1) is 14.0. The smallest absolute Gasteiger partial charge is 0.295 e. The summed E-state index contributed by atoms with van der Waals surface area (Å²) in [7, 11) is 0. The Bertz CT molecular complexity index is 1020. The number of fused-ring (bicyclic) bond motifs is 1. The maximum absolute atomic E-state index is 13.5. The second-order valence-corrected chi connectivity index (χ2v) is 8.39. The van der Waals surface area contributed by atoms with Crippen LogP contribution in [-0.2, 0) is 14.3 Å². The van der Waals surface area contributed by atoms with E-state index in [-0.39, 0.29) is 34.8 Å². The Hall–Kier alpha value is -2.73. The minimum atomic E-state index is -0.584. The minimum absolute atomic E-state index is 0.0353. The molecule has 0 bridgehead atoms. The SMILES string of the molecule is Cc1cccc(N2C(=O)C3=C(C(=O)C4CC(Cl)CCC4O3)C2c2ccncc2)n1. The summed E-state index contributed by atoms with van der Waals surface area (Å²) in [5.41, 5.74) is 2.01. The standard InChI is InChI=1S/C22H20ClN3O3/c1-12-3-2-4-17(25-12)26-19(13-7-9-24-10-8-13)18-20(27)15-11-14(23)5-6-16(15)29-21(18)22(26)28/h2-4,7-10,14-16,19H,5-6,11H2,1H3. The number of ketones is 1. The fourth-order valence-electron chi connectivity index (χ4n) is 4.58. The van der Waals surface area contributed by atoms with Crippen LogP contribution in [0.15, 0.2) is 54.1 Å². The van der Waals surface area contributed by atoms with Crippen LogP contribution in [0.5, 0.6) is 0 Å². The van der Waals surface area contributed by atoms with Crippen LogP contribution in [0.1, 0.15) is 36.6 Å². The Morgan fingerprint density at radius 1 is 1.14 bits per heavy atom. The number of hydrogen-bond donors (Lipinski definition) is 0. The van der Waals surface area contributed by atoms with Crippen molar-refractivity contribution in [2.24, 2.45) is 5.92 Å². The summed E-state index contributed by atoms with van der Waals surface area (Å²) in [5, 5.41) is -0.0445. The van der Waals surface area contributed by atoms with E-state index >= 15 is 0 Å². The van der Waals surface area contributed by atoms with Crippen LogP contribution in [0.25, 0.3) is 0 Å². The normalized spacial score (nSPS) is 28.8. The van der Waals surface area contributed by atoms with Crippen LogP contribution in [-0.4, -0.2) is 33.1 Å². The molecule has 5 rings (SSSR count). The van der Waals surface area contributed by atoms with Crippen LogP contribution >= 0.6 is 11.6 Å². The fraction of sp³-hybridized carbons (Fsp3) is 0.364. The van der Waals surface area contributed by atoms with Gasteiger partial charge in [0.15, 0.2) is 11.5 Å². The lowest BCUT2D eigenvalue weighted by atomic mass is 9.77. The van der Waals surface area contributed by atoms with Gasteiger partial charge in [-0.3, -0.25) is 19.5 Å². The van der Waals surface area contributed by atoms with Crippen molar-refractivity contribution >= 4 is 29.1 Å². The largest absolute Gasteiger partial charge is 0.483 e. The zero-order valence-electron chi connectivity index (χ0n) is 15.9. The third-order valence-corrected chi connectivity index (χ3v) is 6.32. The van der Waals surface area contributed by atoms with E-state index in [2.05, 4.69) is 9.97 Å². The number of alkyl halides is 1.